The number of aromatic nitrogens is 2. The Balaban J connectivity index is 1.64. The van der Waals surface area contributed by atoms with E-state index in [9.17, 15) is 0 Å². The molecule has 0 saturated carbocycles. The molecule has 19 heavy (non-hydrogen) atoms. The van der Waals surface area contributed by atoms with Crippen LogP contribution in [0.15, 0.2) is 18.2 Å². The number of rotatable bonds is 3. The van der Waals surface area contributed by atoms with Crippen LogP contribution < -0.4 is 5.73 Å². The number of nitrogen functional groups attached to an aromatic ring is 1. The number of imidazole rings is 1. The number of anilines is 1. The fourth-order valence-corrected chi connectivity index (χ4v) is 2.56. The SMILES string of the molecule is CN1CCN(CCc2nc3c(N)cccc3[nH]2)CC1. The highest BCUT2D eigenvalue weighted by atomic mass is 15.2. The average molecular weight is 259 g/mol. The zero-order valence-corrected chi connectivity index (χ0v) is 11.4. The van der Waals surface area contributed by atoms with Crippen molar-refractivity contribution in [3.05, 3.63) is 24.0 Å². The van der Waals surface area contributed by atoms with Gasteiger partial charge in [-0.2, -0.15) is 0 Å². The summed E-state index contributed by atoms with van der Waals surface area (Å²) in [6.07, 6.45) is 0.956. The fourth-order valence-electron chi connectivity index (χ4n) is 2.56. The summed E-state index contributed by atoms with van der Waals surface area (Å²) >= 11 is 0. The van der Waals surface area contributed by atoms with Crippen LogP contribution in [-0.4, -0.2) is 59.5 Å². The molecule has 0 unspecified atom stereocenters. The molecule has 0 amide bonds. The fraction of sp³-hybridized carbons (Fsp3) is 0.500. The van der Waals surface area contributed by atoms with Crippen molar-refractivity contribution < 1.29 is 0 Å². The molecular weight excluding hydrogens is 238 g/mol. The van der Waals surface area contributed by atoms with Crippen LogP contribution in [0, 0.1) is 0 Å². The smallest absolute Gasteiger partial charge is 0.111 e. The van der Waals surface area contributed by atoms with Gasteiger partial charge in [0.25, 0.3) is 0 Å². The maximum atomic E-state index is 5.93. The minimum absolute atomic E-state index is 0.750. The number of nitrogens with one attached hydrogen (secondary N) is 1. The number of para-hydroxylation sites is 1. The summed E-state index contributed by atoms with van der Waals surface area (Å²) in [5.41, 5.74) is 8.61. The Bertz CT molecular complexity index is 554. The minimum atomic E-state index is 0.750. The number of nitrogens with zero attached hydrogens (tertiary/aromatic N) is 3. The number of aromatic amines is 1. The van der Waals surface area contributed by atoms with Crippen molar-refractivity contribution in [1.82, 2.24) is 19.8 Å². The van der Waals surface area contributed by atoms with Gasteiger partial charge in [0.2, 0.25) is 0 Å². The quantitative estimate of drug-likeness (QED) is 0.805. The van der Waals surface area contributed by atoms with Crippen LogP contribution in [0.2, 0.25) is 0 Å². The summed E-state index contributed by atoms with van der Waals surface area (Å²) in [5.74, 6) is 1.03. The van der Waals surface area contributed by atoms with Crippen molar-refractivity contribution in [2.45, 2.75) is 6.42 Å². The van der Waals surface area contributed by atoms with Crippen molar-refractivity contribution in [3.63, 3.8) is 0 Å². The molecule has 1 aromatic carbocycles. The normalized spacial score (nSPS) is 18.2. The largest absolute Gasteiger partial charge is 0.397 e. The molecule has 1 saturated heterocycles. The summed E-state index contributed by atoms with van der Waals surface area (Å²) in [5, 5.41) is 0. The van der Waals surface area contributed by atoms with Crippen LogP contribution in [0.1, 0.15) is 5.82 Å². The third-order valence-corrected chi connectivity index (χ3v) is 3.85. The molecular formula is C14H21N5. The number of likely N-dealkylation sites (N-methyl/N-ethyl adjacent to an activating group) is 1. The highest BCUT2D eigenvalue weighted by Crippen LogP contribution is 2.18. The molecule has 3 N–H and O–H groups in total. The van der Waals surface area contributed by atoms with Crippen molar-refractivity contribution >= 4 is 16.7 Å². The van der Waals surface area contributed by atoms with Crippen molar-refractivity contribution in [2.75, 3.05) is 45.5 Å². The van der Waals surface area contributed by atoms with Gasteiger partial charge in [0.05, 0.1) is 11.2 Å². The van der Waals surface area contributed by atoms with Crippen LogP contribution in [0.3, 0.4) is 0 Å². The second-order valence-electron chi connectivity index (χ2n) is 5.32. The van der Waals surface area contributed by atoms with Crippen LogP contribution in [-0.2, 0) is 6.42 Å². The molecule has 0 atom stereocenters. The van der Waals surface area contributed by atoms with Crippen LogP contribution in [0.5, 0.6) is 0 Å². The van der Waals surface area contributed by atoms with Gasteiger partial charge in [-0.3, -0.25) is 0 Å². The molecule has 1 aliphatic heterocycles. The molecule has 0 bridgehead atoms. The van der Waals surface area contributed by atoms with E-state index in [4.69, 9.17) is 5.73 Å². The van der Waals surface area contributed by atoms with Gasteiger partial charge in [-0.1, -0.05) is 6.07 Å². The van der Waals surface area contributed by atoms with Gasteiger partial charge >= 0.3 is 0 Å². The van der Waals surface area contributed by atoms with Crippen molar-refractivity contribution in [1.29, 1.82) is 0 Å². The highest BCUT2D eigenvalue weighted by Gasteiger charge is 2.14. The first-order valence-electron chi connectivity index (χ1n) is 6.86. The molecule has 0 spiro atoms. The van der Waals surface area contributed by atoms with Crippen LogP contribution in [0.4, 0.5) is 5.69 Å². The molecule has 2 heterocycles. The Kier molecular flexibility index (Phi) is 3.40. The highest BCUT2D eigenvalue weighted by molar-refractivity contribution is 5.86. The molecule has 2 aromatic rings. The second kappa shape index (κ2) is 5.19. The Morgan fingerprint density at radius 3 is 2.79 bits per heavy atom. The molecule has 102 valence electrons. The number of benzene rings is 1. The lowest BCUT2D eigenvalue weighted by Crippen LogP contribution is -2.45. The molecule has 0 aliphatic carbocycles. The van der Waals surface area contributed by atoms with Crippen LogP contribution >= 0.6 is 0 Å². The first kappa shape index (κ1) is 12.4. The van der Waals surface area contributed by atoms with Gasteiger partial charge in [-0.05, 0) is 19.2 Å². The molecule has 5 nitrogen and oxygen atoms in total. The number of fused-ring (bicyclic) bond motifs is 1. The lowest BCUT2D eigenvalue weighted by atomic mass is 10.3. The summed E-state index contributed by atoms with van der Waals surface area (Å²) in [6, 6.07) is 5.88. The zero-order chi connectivity index (χ0) is 13.2. The van der Waals surface area contributed by atoms with E-state index in [-0.39, 0.29) is 0 Å². The van der Waals surface area contributed by atoms with Crippen LogP contribution in [0.25, 0.3) is 11.0 Å². The predicted molar refractivity (Wildman–Crippen MR) is 78.1 cm³/mol. The van der Waals surface area contributed by atoms with Crippen molar-refractivity contribution in [3.8, 4) is 0 Å². The van der Waals surface area contributed by atoms with Gasteiger partial charge < -0.3 is 20.5 Å². The van der Waals surface area contributed by atoms with Gasteiger partial charge in [-0.15, -0.1) is 0 Å². The maximum absolute atomic E-state index is 5.93. The topological polar surface area (TPSA) is 61.2 Å². The van der Waals surface area contributed by atoms with Gasteiger partial charge in [0.1, 0.15) is 11.3 Å². The third-order valence-electron chi connectivity index (χ3n) is 3.85. The van der Waals surface area contributed by atoms with E-state index in [1.54, 1.807) is 0 Å². The van der Waals surface area contributed by atoms with E-state index in [1.807, 2.05) is 18.2 Å². The van der Waals surface area contributed by atoms with E-state index in [1.165, 1.54) is 0 Å². The number of piperazine rings is 1. The van der Waals surface area contributed by atoms with E-state index in [0.717, 1.165) is 61.7 Å². The summed E-state index contributed by atoms with van der Waals surface area (Å²) < 4.78 is 0. The molecule has 1 fully saturated rings. The Morgan fingerprint density at radius 2 is 2.05 bits per heavy atom. The first-order valence-corrected chi connectivity index (χ1v) is 6.86. The molecule has 1 aliphatic rings. The Hall–Kier alpha value is -1.59. The number of hydrogen-bond acceptors (Lipinski definition) is 4. The monoisotopic (exact) mass is 259 g/mol. The van der Waals surface area contributed by atoms with Gasteiger partial charge in [0.15, 0.2) is 0 Å². The first-order chi connectivity index (χ1) is 9.22. The lowest BCUT2D eigenvalue weighted by molar-refractivity contribution is 0.155. The summed E-state index contributed by atoms with van der Waals surface area (Å²) in [7, 11) is 2.18. The molecule has 5 heteroatoms. The standard InChI is InChI=1S/C14H21N5/c1-18-7-9-19(10-8-18)6-5-13-16-12-4-2-3-11(15)14(12)17-13/h2-4H,5-10,15H2,1H3,(H,16,17). The predicted octanol–water partition coefficient (Wildman–Crippen LogP) is 0.935. The van der Waals surface area contributed by atoms with Gasteiger partial charge in [-0.25, -0.2) is 4.98 Å². The maximum Gasteiger partial charge on any atom is 0.111 e. The Labute approximate surface area is 113 Å². The third kappa shape index (κ3) is 2.72. The molecule has 3 rings (SSSR count). The Morgan fingerprint density at radius 1 is 1.26 bits per heavy atom. The average Bonchev–Trinajstić information content (AvgIpc) is 2.83. The van der Waals surface area contributed by atoms with E-state index in [0.29, 0.717) is 0 Å². The number of hydrogen-bond donors (Lipinski definition) is 2. The van der Waals surface area contributed by atoms with Gasteiger partial charge in [0, 0.05) is 39.1 Å². The van der Waals surface area contributed by atoms with E-state index < -0.39 is 0 Å². The minimum Gasteiger partial charge on any atom is -0.397 e. The summed E-state index contributed by atoms with van der Waals surface area (Å²) in [6.45, 7) is 5.69. The summed E-state index contributed by atoms with van der Waals surface area (Å²) in [4.78, 5) is 12.8. The number of H-pyrrole nitrogens is 1. The van der Waals surface area contributed by atoms with Crippen molar-refractivity contribution in [2.24, 2.45) is 0 Å². The molecule has 1 aromatic heterocycles. The molecule has 0 radical (unpaired) electrons. The number of nitrogens with two attached hydrogens (primary N) is 1. The van der Waals surface area contributed by atoms with E-state index in [2.05, 4.69) is 26.8 Å². The van der Waals surface area contributed by atoms with E-state index >= 15 is 0 Å². The zero-order valence-electron chi connectivity index (χ0n) is 11.4. The lowest BCUT2D eigenvalue weighted by Gasteiger charge is -2.32. The second-order valence-corrected chi connectivity index (χ2v) is 5.32.